The number of rotatable bonds is 6. The van der Waals surface area contributed by atoms with Crippen LogP contribution in [-0.4, -0.2) is 58.6 Å². The predicted molar refractivity (Wildman–Crippen MR) is 106 cm³/mol. The van der Waals surface area contributed by atoms with Crippen molar-refractivity contribution >= 4 is 11.6 Å². The zero-order valence-corrected chi connectivity index (χ0v) is 16.3. The first-order chi connectivity index (χ1) is 13.5. The van der Waals surface area contributed by atoms with Crippen molar-refractivity contribution in [3.8, 4) is 0 Å². The van der Waals surface area contributed by atoms with Crippen molar-refractivity contribution in [3.63, 3.8) is 0 Å². The summed E-state index contributed by atoms with van der Waals surface area (Å²) in [6.07, 6.45) is 0. The highest BCUT2D eigenvalue weighted by Gasteiger charge is 2.20. The van der Waals surface area contributed by atoms with Crippen molar-refractivity contribution in [1.29, 1.82) is 0 Å². The summed E-state index contributed by atoms with van der Waals surface area (Å²) in [7, 11) is 0. The van der Waals surface area contributed by atoms with Crippen molar-refractivity contribution in [2.45, 2.75) is 26.9 Å². The average Bonchev–Trinajstić information content (AvgIpc) is 3.10. The lowest BCUT2D eigenvalue weighted by atomic mass is 10.2. The SMILES string of the molecule is CCNC(=NCc1cccc([N+](=O)[O-])c1)N1CCN(Cc2cc(C)on2)CC1. The van der Waals surface area contributed by atoms with Gasteiger partial charge in [-0.15, -0.1) is 0 Å². The summed E-state index contributed by atoms with van der Waals surface area (Å²) in [6.45, 7) is 9.43. The summed E-state index contributed by atoms with van der Waals surface area (Å²) in [5.41, 5.74) is 1.87. The number of nitrogens with one attached hydrogen (secondary N) is 1. The Balaban J connectivity index is 1.58. The number of guanidine groups is 1. The number of nitro groups is 1. The first-order valence-electron chi connectivity index (χ1n) is 9.46. The van der Waals surface area contributed by atoms with Gasteiger partial charge in [-0.25, -0.2) is 4.99 Å². The van der Waals surface area contributed by atoms with Gasteiger partial charge in [-0.3, -0.25) is 15.0 Å². The molecule has 0 saturated carbocycles. The van der Waals surface area contributed by atoms with Gasteiger partial charge in [0.2, 0.25) is 0 Å². The van der Waals surface area contributed by atoms with Crippen LogP contribution in [0.5, 0.6) is 0 Å². The van der Waals surface area contributed by atoms with Crippen LogP contribution >= 0.6 is 0 Å². The minimum Gasteiger partial charge on any atom is -0.361 e. The van der Waals surface area contributed by atoms with E-state index in [9.17, 15) is 10.1 Å². The Hall–Kier alpha value is -2.94. The Morgan fingerprint density at radius 1 is 1.32 bits per heavy atom. The summed E-state index contributed by atoms with van der Waals surface area (Å²) in [4.78, 5) is 19.8. The van der Waals surface area contributed by atoms with E-state index in [4.69, 9.17) is 4.52 Å². The van der Waals surface area contributed by atoms with E-state index in [1.165, 1.54) is 6.07 Å². The van der Waals surface area contributed by atoms with Crippen LogP contribution in [0.4, 0.5) is 5.69 Å². The number of non-ortho nitro benzene ring substituents is 1. The topological polar surface area (TPSA) is 100 Å². The number of aromatic nitrogens is 1. The molecule has 1 aliphatic rings. The Bertz CT molecular complexity index is 827. The van der Waals surface area contributed by atoms with E-state index in [0.29, 0.717) is 6.54 Å². The number of benzene rings is 1. The van der Waals surface area contributed by atoms with Crippen LogP contribution in [0.25, 0.3) is 0 Å². The van der Waals surface area contributed by atoms with Gasteiger partial charge >= 0.3 is 0 Å². The summed E-state index contributed by atoms with van der Waals surface area (Å²) >= 11 is 0. The number of hydrogen-bond donors (Lipinski definition) is 1. The highest BCUT2D eigenvalue weighted by Crippen LogP contribution is 2.14. The molecule has 3 rings (SSSR count). The number of nitrogens with zero attached hydrogens (tertiary/aromatic N) is 5. The van der Waals surface area contributed by atoms with Gasteiger partial charge in [0.05, 0.1) is 17.2 Å². The molecule has 9 heteroatoms. The molecule has 1 aromatic heterocycles. The lowest BCUT2D eigenvalue weighted by Gasteiger charge is -2.36. The van der Waals surface area contributed by atoms with Gasteiger partial charge < -0.3 is 14.7 Å². The molecule has 1 saturated heterocycles. The highest BCUT2D eigenvalue weighted by molar-refractivity contribution is 5.80. The molecular weight excluding hydrogens is 360 g/mol. The van der Waals surface area contributed by atoms with Gasteiger partial charge in [0.15, 0.2) is 5.96 Å². The third kappa shape index (κ3) is 5.29. The minimum atomic E-state index is -0.381. The fourth-order valence-corrected chi connectivity index (χ4v) is 3.20. The molecule has 2 heterocycles. The van der Waals surface area contributed by atoms with Gasteiger partial charge in [-0.05, 0) is 19.4 Å². The summed E-state index contributed by atoms with van der Waals surface area (Å²) in [5, 5.41) is 18.3. The highest BCUT2D eigenvalue weighted by atomic mass is 16.6. The smallest absolute Gasteiger partial charge is 0.269 e. The van der Waals surface area contributed by atoms with E-state index < -0.39 is 0 Å². The molecule has 28 heavy (non-hydrogen) atoms. The van der Waals surface area contributed by atoms with E-state index in [1.54, 1.807) is 12.1 Å². The second-order valence-corrected chi connectivity index (χ2v) is 6.79. The molecule has 1 N–H and O–H groups in total. The summed E-state index contributed by atoms with van der Waals surface area (Å²) in [5.74, 6) is 1.67. The number of aliphatic imine (C=N–C) groups is 1. The minimum absolute atomic E-state index is 0.0920. The molecule has 0 aliphatic carbocycles. The maximum absolute atomic E-state index is 10.9. The summed E-state index contributed by atoms with van der Waals surface area (Å²) in [6, 6.07) is 8.59. The van der Waals surface area contributed by atoms with Crippen molar-refractivity contribution in [2.24, 2.45) is 4.99 Å². The van der Waals surface area contributed by atoms with Crippen LogP contribution < -0.4 is 5.32 Å². The third-order valence-electron chi connectivity index (χ3n) is 4.60. The predicted octanol–water partition coefficient (Wildman–Crippen LogP) is 2.17. The molecule has 150 valence electrons. The third-order valence-corrected chi connectivity index (χ3v) is 4.60. The fourth-order valence-electron chi connectivity index (χ4n) is 3.20. The second kappa shape index (κ2) is 9.32. The molecule has 9 nitrogen and oxygen atoms in total. The molecule has 0 amide bonds. The fraction of sp³-hybridized carbons (Fsp3) is 0.474. The van der Waals surface area contributed by atoms with Gasteiger partial charge in [0.25, 0.3) is 5.69 Å². The molecule has 1 aromatic carbocycles. The average molecular weight is 386 g/mol. The van der Waals surface area contributed by atoms with E-state index in [2.05, 4.69) is 25.3 Å². The molecule has 0 spiro atoms. The van der Waals surface area contributed by atoms with Crippen LogP contribution in [0.2, 0.25) is 0 Å². The maximum Gasteiger partial charge on any atom is 0.269 e. The molecule has 0 atom stereocenters. The van der Waals surface area contributed by atoms with Crippen LogP contribution in [0.1, 0.15) is 23.9 Å². The van der Waals surface area contributed by atoms with Crippen LogP contribution in [0.3, 0.4) is 0 Å². The Labute approximate surface area is 164 Å². The lowest BCUT2D eigenvalue weighted by molar-refractivity contribution is -0.384. The Kier molecular flexibility index (Phi) is 6.59. The van der Waals surface area contributed by atoms with E-state index in [1.807, 2.05) is 26.0 Å². The molecule has 1 aliphatic heterocycles. The number of aryl methyl sites for hydroxylation is 1. The Morgan fingerprint density at radius 2 is 2.11 bits per heavy atom. The number of nitro benzene ring substituents is 1. The molecule has 0 bridgehead atoms. The zero-order valence-electron chi connectivity index (χ0n) is 16.3. The molecule has 2 aromatic rings. The monoisotopic (exact) mass is 386 g/mol. The molecule has 1 fully saturated rings. The van der Waals surface area contributed by atoms with Gasteiger partial charge in [-0.1, -0.05) is 17.3 Å². The van der Waals surface area contributed by atoms with E-state index in [0.717, 1.165) is 62.2 Å². The molecular formula is C19H26N6O3. The number of piperazine rings is 1. The second-order valence-electron chi connectivity index (χ2n) is 6.79. The van der Waals surface area contributed by atoms with E-state index in [-0.39, 0.29) is 10.6 Å². The normalized spacial score (nSPS) is 15.6. The van der Waals surface area contributed by atoms with Crippen molar-refractivity contribution < 1.29 is 9.45 Å². The van der Waals surface area contributed by atoms with Crippen LogP contribution in [-0.2, 0) is 13.1 Å². The molecule has 0 radical (unpaired) electrons. The van der Waals surface area contributed by atoms with Crippen molar-refractivity contribution in [2.75, 3.05) is 32.7 Å². The van der Waals surface area contributed by atoms with Gasteiger partial charge in [0, 0.05) is 57.5 Å². The van der Waals surface area contributed by atoms with Crippen molar-refractivity contribution in [3.05, 3.63) is 57.5 Å². The quantitative estimate of drug-likeness (QED) is 0.351. The van der Waals surface area contributed by atoms with Gasteiger partial charge in [-0.2, -0.15) is 0 Å². The molecule has 0 unspecified atom stereocenters. The van der Waals surface area contributed by atoms with Crippen molar-refractivity contribution in [1.82, 2.24) is 20.3 Å². The lowest BCUT2D eigenvalue weighted by Crippen LogP contribution is -2.52. The zero-order chi connectivity index (χ0) is 19.9. The van der Waals surface area contributed by atoms with Gasteiger partial charge in [0.1, 0.15) is 5.76 Å². The number of hydrogen-bond acceptors (Lipinski definition) is 6. The Morgan fingerprint density at radius 3 is 2.75 bits per heavy atom. The van der Waals surface area contributed by atoms with Crippen LogP contribution in [0.15, 0.2) is 39.8 Å². The van der Waals surface area contributed by atoms with Crippen LogP contribution in [0, 0.1) is 17.0 Å². The first-order valence-corrected chi connectivity index (χ1v) is 9.46. The maximum atomic E-state index is 10.9. The first kappa shape index (κ1) is 19.8. The van der Waals surface area contributed by atoms with E-state index >= 15 is 0 Å². The largest absolute Gasteiger partial charge is 0.361 e. The standard InChI is InChI=1S/C19H26N6O3/c1-3-20-19(21-13-16-5-4-6-18(12-16)25(26)27)24-9-7-23(8-10-24)14-17-11-15(2)28-22-17/h4-6,11-12H,3,7-10,13-14H2,1-2H3,(H,20,21). The summed E-state index contributed by atoms with van der Waals surface area (Å²) < 4.78 is 5.14.